The van der Waals surface area contributed by atoms with Crippen LogP contribution in [0, 0.1) is 5.92 Å². The van der Waals surface area contributed by atoms with Crippen molar-refractivity contribution in [1.29, 1.82) is 0 Å². The van der Waals surface area contributed by atoms with Gasteiger partial charge in [0.2, 0.25) is 10.0 Å². The van der Waals surface area contributed by atoms with Crippen LogP contribution in [0.25, 0.3) is 0 Å². The van der Waals surface area contributed by atoms with E-state index >= 15 is 0 Å². The highest BCUT2D eigenvalue weighted by Gasteiger charge is 2.31. The Morgan fingerprint density at radius 1 is 1.33 bits per heavy atom. The van der Waals surface area contributed by atoms with Crippen molar-refractivity contribution < 1.29 is 22.7 Å². The number of anilines is 1. The topological polar surface area (TPSA) is 120 Å². The molecule has 1 aromatic carbocycles. The lowest BCUT2D eigenvalue weighted by atomic mass is 9.84. The first-order valence-corrected chi connectivity index (χ1v) is 10.3. The first kappa shape index (κ1) is 21.7. The van der Waals surface area contributed by atoms with E-state index in [-0.39, 0.29) is 54.1 Å². The smallest absolute Gasteiger partial charge is 0.262 e. The molecule has 1 atom stereocenters. The van der Waals surface area contributed by atoms with Crippen LogP contribution < -0.4 is 25.2 Å². The molecule has 0 saturated heterocycles. The fraction of sp³-hybridized carbons (Fsp3) is 0.588. The predicted octanol–water partition coefficient (Wildman–Crippen LogP) is 1.63. The highest BCUT2D eigenvalue weighted by molar-refractivity contribution is 7.89. The zero-order valence-electron chi connectivity index (χ0n) is 15.2. The van der Waals surface area contributed by atoms with E-state index in [0.717, 1.165) is 25.7 Å². The van der Waals surface area contributed by atoms with Crippen molar-refractivity contribution in [3.63, 3.8) is 0 Å². The number of ether oxygens (including phenoxy) is 2. The van der Waals surface area contributed by atoms with Gasteiger partial charge in [-0.05, 0) is 18.8 Å². The van der Waals surface area contributed by atoms with Crippen molar-refractivity contribution in [2.24, 2.45) is 11.7 Å². The highest BCUT2D eigenvalue weighted by Crippen LogP contribution is 2.37. The average molecular weight is 420 g/mol. The number of halogens is 1. The summed E-state index contributed by atoms with van der Waals surface area (Å²) in [7, 11) is -2.48. The number of carbonyl (C=O) groups excluding carboxylic acids is 1. The van der Waals surface area contributed by atoms with Crippen LogP contribution in [-0.2, 0) is 14.8 Å². The van der Waals surface area contributed by atoms with Gasteiger partial charge in [-0.15, -0.1) is 12.4 Å². The summed E-state index contributed by atoms with van der Waals surface area (Å²) in [5, 5.41) is 2.64. The van der Waals surface area contributed by atoms with Gasteiger partial charge in [-0.3, -0.25) is 4.79 Å². The first-order chi connectivity index (χ1) is 12.4. The third kappa shape index (κ3) is 4.84. The van der Waals surface area contributed by atoms with E-state index in [4.69, 9.17) is 15.2 Å². The summed E-state index contributed by atoms with van der Waals surface area (Å²) in [5.74, 6) is 0.380. The van der Waals surface area contributed by atoms with Gasteiger partial charge in [0.25, 0.3) is 5.91 Å². The lowest BCUT2D eigenvalue weighted by Gasteiger charge is -2.30. The summed E-state index contributed by atoms with van der Waals surface area (Å²) in [6.07, 6.45) is 5.32. The van der Waals surface area contributed by atoms with Crippen LogP contribution in [-0.4, -0.2) is 40.6 Å². The summed E-state index contributed by atoms with van der Waals surface area (Å²) in [6, 6.07) is 2.52. The Morgan fingerprint density at radius 2 is 2.04 bits per heavy atom. The molecule has 0 bridgehead atoms. The monoisotopic (exact) mass is 419 g/mol. The molecule has 1 fully saturated rings. The summed E-state index contributed by atoms with van der Waals surface area (Å²) < 4.78 is 39.3. The fourth-order valence-electron chi connectivity index (χ4n) is 3.59. The molecule has 4 N–H and O–H groups in total. The van der Waals surface area contributed by atoms with Crippen molar-refractivity contribution >= 4 is 34.0 Å². The van der Waals surface area contributed by atoms with Crippen LogP contribution >= 0.6 is 12.4 Å². The average Bonchev–Trinajstić information content (AvgIpc) is 2.65. The largest absolute Gasteiger partial charge is 0.495 e. The maximum atomic E-state index is 13.0. The third-order valence-corrected chi connectivity index (χ3v) is 6.48. The zero-order chi connectivity index (χ0) is 18.7. The molecule has 0 aromatic heterocycles. The number of fused-ring (bicyclic) bond motifs is 1. The van der Waals surface area contributed by atoms with Crippen molar-refractivity contribution in [3.05, 3.63) is 12.1 Å². The molecule has 10 heteroatoms. The van der Waals surface area contributed by atoms with E-state index in [9.17, 15) is 13.2 Å². The Bertz CT molecular complexity index is 781. The van der Waals surface area contributed by atoms with Crippen LogP contribution in [0.2, 0.25) is 0 Å². The van der Waals surface area contributed by atoms with Gasteiger partial charge in [0.05, 0.1) is 12.8 Å². The number of sulfonamides is 1. The van der Waals surface area contributed by atoms with Crippen molar-refractivity contribution in [1.82, 2.24) is 4.72 Å². The van der Waals surface area contributed by atoms with Gasteiger partial charge in [-0.25, -0.2) is 13.1 Å². The summed E-state index contributed by atoms with van der Waals surface area (Å²) >= 11 is 0. The van der Waals surface area contributed by atoms with Gasteiger partial charge >= 0.3 is 0 Å². The van der Waals surface area contributed by atoms with E-state index in [0.29, 0.717) is 11.4 Å². The Labute approximate surface area is 165 Å². The molecule has 152 valence electrons. The number of amides is 1. The molecule has 8 nitrogen and oxygen atoms in total. The van der Waals surface area contributed by atoms with Crippen LogP contribution in [0.5, 0.6) is 11.5 Å². The van der Waals surface area contributed by atoms with E-state index in [1.165, 1.54) is 25.7 Å². The van der Waals surface area contributed by atoms with Crippen molar-refractivity contribution in [2.75, 3.05) is 25.6 Å². The van der Waals surface area contributed by atoms with Crippen LogP contribution in [0.1, 0.15) is 32.1 Å². The number of benzene rings is 1. The maximum absolute atomic E-state index is 13.0. The normalized spacial score (nSPS) is 18.5. The van der Waals surface area contributed by atoms with Crippen LogP contribution in [0.15, 0.2) is 17.0 Å². The van der Waals surface area contributed by atoms with Crippen molar-refractivity contribution in [2.45, 2.75) is 43.0 Å². The SMILES string of the molecule is COc1cc2c(cc1S(=O)(=O)NC(CN)C1CCCCC1)OCC(=O)N2.Cl. The predicted molar refractivity (Wildman–Crippen MR) is 104 cm³/mol. The van der Waals surface area contributed by atoms with E-state index in [1.807, 2.05) is 0 Å². The number of hydrogen-bond donors (Lipinski definition) is 3. The number of rotatable bonds is 6. The lowest BCUT2D eigenvalue weighted by molar-refractivity contribution is -0.118. The molecule has 0 spiro atoms. The number of hydrogen-bond acceptors (Lipinski definition) is 6. The first-order valence-electron chi connectivity index (χ1n) is 8.81. The quantitative estimate of drug-likeness (QED) is 0.644. The Morgan fingerprint density at radius 3 is 2.67 bits per heavy atom. The van der Waals surface area contributed by atoms with Gasteiger partial charge in [0.1, 0.15) is 16.4 Å². The Balaban J connectivity index is 0.00000261. The molecule has 1 aliphatic heterocycles. The molecule has 2 aliphatic rings. The molecule has 0 radical (unpaired) electrons. The third-order valence-electron chi connectivity index (χ3n) is 4.97. The van der Waals surface area contributed by atoms with Crippen LogP contribution in [0.4, 0.5) is 5.69 Å². The second-order valence-electron chi connectivity index (χ2n) is 6.70. The molecule has 1 saturated carbocycles. The maximum Gasteiger partial charge on any atom is 0.262 e. The standard InChI is InChI=1S/C17H25N3O5S.ClH/c1-24-15-7-12-14(25-10-17(21)19-12)8-16(15)26(22,23)20-13(9-18)11-5-3-2-4-6-11;/h7-8,11,13,20H,2-6,9-10,18H2,1H3,(H,19,21);1H. The minimum atomic E-state index is -3.86. The van der Waals surface area contributed by atoms with Crippen molar-refractivity contribution in [3.8, 4) is 11.5 Å². The van der Waals surface area contributed by atoms with Gasteiger partial charge in [0.15, 0.2) is 6.61 Å². The number of carbonyl (C=O) groups is 1. The zero-order valence-corrected chi connectivity index (χ0v) is 16.8. The Hall–Kier alpha value is -1.55. The minimum Gasteiger partial charge on any atom is -0.495 e. The van der Waals surface area contributed by atoms with Crippen LogP contribution in [0.3, 0.4) is 0 Å². The number of methoxy groups -OCH3 is 1. The summed E-state index contributed by atoms with van der Waals surface area (Å²) in [4.78, 5) is 11.4. The second-order valence-corrected chi connectivity index (χ2v) is 8.38. The number of nitrogens with two attached hydrogens (primary N) is 1. The van der Waals surface area contributed by atoms with Gasteiger partial charge in [-0.2, -0.15) is 0 Å². The molecule has 1 unspecified atom stereocenters. The molecule has 1 aliphatic carbocycles. The lowest BCUT2D eigenvalue weighted by Crippen LogP contribution is -2.45. The fourth-order valence-corrected chi connectivity index (χ4v) is 5.08. The molecule has 1 amide bonds. The van der Waals surface area contributed by atoms with Gasteiger partial charge in [-0.1, -0.05) is 19.3 Å². The van der Waals surface area contributed by atoms with E-state index < -0.39 is 10.0 Å². The van der Waals surface area contributed by atoms with Gasteiger partial charge in [0, 0.05) is 24.7 Å². The molecule has 3 rings (SSSR count). The van der Waals surface area contributed by atoms with E-state index in [2.05, 4.69) is 10.0 Å². The minimum absolute atomic E-state index is 0. The highest BCUT2D eigenvalue weighted by atomic mass is 35.5. The molecule has 27 heavy (non-hydrogen) atoms. The molecule has 1 aromatic rings. The summed E-state index contributed by atoms with van der Waals surface area (Å²) in [6.45, 7) is 0.0868. The molecule has 1 heterocycles. The van der Waals surface area contributed by atoms with E-state index in [1.54, 1.807) is 0 Å². The summed E-state index contributed by atoms with van der Waals surface area (Å²) in [5.41, 5.74) is 6.24. The second kappa shape index (κ2) is 9.09. The Kier molecular flexibility index (Phi) is 7.32. The molecular formula is C17H26ClN3O5S. The number of nitrogens with one attached hydrogen (secondary N) is 2. The molecular weight excluding hydrogens is 394 g/mol. The van der Waals surface area contributed by atoms with Gasteiger partial charge < -0.3 is 20.5 Å².